The summed E-state index contributed by atoms with van der Waals surface area (Å²) in [6.07, 6.45) is -7.53. The van der Waals surface area contributed by atoms with Crippen LogP contribution in [0.3, 0.4) is 0 Å². The average Bonchev–Trinajstić information content (AvgIpc) is 2.84. The lowest BCUT2D eigenvalue weighted by molar-refractivity contribution is -0.278. The van der Waals surface area contributed by atoms with Gasteiger partial charge in [0, 0.05) is 6.07 Å². The summed E-state index contributed by atoms with van der Waals surface area (Å²) in [7, 11) is 0. The number of aromatic hydroxyl groups is 1. The summed E-state index contributed by atoms with van der Waals surface area (Å²) in [4.78, 5) is 35.0. The molecule has 1 aromatic heterocycles. The average molecular weight is 502 g/mol. The SMILES string of the molecule is O=C(O)CC(=O)OCC1O[C@@H](Oc2ccc3c(=O)c(-c4ccc(O)cc4)coc3c2)C(O)[C@@H](O)[C@@H]1O. The van der Waals surface area contributed by atoms with Crippen molar-refractivity contribution in [3.8, 4) is 22.6 Å². The molecule has 36 heavy (non-hydrogen) atoms. The molecular weight excluding hydrogens is 480 g/mol. The number of fused-ring (bicyclic) bond motifs is 1. The topological polar surface area (TPSA) is 193 Å². The number of carboxylic acids is 1. The second-order valence-corrected chi connectivity index (χ2v) is 8.07. The Labute approximate surface area is 202 Å². The van der Waals surface area contributed by atoms with Gasteiger partial charge in [-0.05, 0) is 29.8 Å². The summed E-state index contributed by atoms with van der Waals surface area (Å²) in [5, 5.41) is 48.9. The molecule has 3 aromatic rings. The first-order valence-electron chi connectivity index (χ1n) is 10.7. The summed E-state index contributed by atoms with van der Waals surface area (Å²) < 4.78 is 21.4. The minimum Gasteiger partial charge on any atom is -0.508 e. The number of hydrogen-bond donors (Lipinski definition) is 5. The summed E-state index contributed by atoms with van der Waals surface area (Å²) in [5.41, 5.74) is 0.652. The minimum absolute atomic E-state index is 0.0520. The van der Waals surface area contributed by atoms with Crippen molar-refractivity contribution in [3.05, 3.63) is 59.0 Å². The Balaban J connectivity index is 1.51. The number of carbonyl (C=O) groups excluding carboxylic acids is 1. The van der Waals surface area contributed by atoms with Gasteiger partial charge in [-0.25, -0.2) is 0 Å². The molecule has 0 bridgehead atoms. The van der Waals surface area contributed by atoms with Crippen LogP contribution in [0.15, 0.2) is 57.9 Å². The molecule has 1 fully saturated rings. The van der Waals surface area contributed by atoms with Crippen LogP contribution in [0.2, 0.25) is 0 Å². The Morgan fingerprint density at radius 2 is 1.69 bits per heavy atom. The largest absolute Gasteiger partial charge is 0.508 e. The number of carbonyl (C=O) groups is 2. The fraction of sp³-hybridized carbons (Fsp3) is 0.292. The zero-order valence-electron chi connectivity index (χ0n) is 18.5. The molecule has 0 saturated carbocycles. The molecule has 5 N–H and O–H groups in total. The molecule has 4 rings (SSSR count). The maximum Gasteiger partial charge on any atom is 0.317 e. The van der Waals surface area contributed by atoms with Crippen molar-refractivity contribution in [1.82, 2.24) is 0 Å². The van der Waals surface area contributed by atoms with E-state index in [1.54, 1.807) is 12.1 Å². The number of carboxylic acid groups (broad SMARTS) is 1. The molecule has 0 radical (unpaired) electrons. The number of aliphatic carboxylic acids is 1. The summed E-state index contributed by atoms with van der Waals surface area (Å²) in [6.45, 7) is -0.594. The van der Waals surface area contributed by atoms with E-state index in [1.807, 2.05) is 0 Å². The first kappa shape index (κ1) is 25.1. The lowest BCUT2D eigenvalue weighted by Gasteiger charge is -2.39. The molecule has 1 aliphatic heterocycles. The van der Waals surface area contributed by atoms with E-state index in [0.29, 0.717) is 5.56 Å². The van der Waals surface area contributed by atoms with Crippen LogP contribution in [0, 0.1) is 0 Å². The summed E-state index contributed by atoms with van der Waals surface area (Å²) >= 11 is 0. The van der Waals surface area contributed by atoms with Gasteiger partial charge in [0.2, 0.25) is 6.29 Å². The third kappa shape index (κ3) is 5.31. The zero-order valence-corrected chi connectivity index (χ0v) is 18.5. The number of rotatable bonds is 7. The first-order chi connectivity index (χ1) is 17.1. The Morgan fingerprint density at radius 3 is 2.39 bits per heavy atom. The van der Waals surface area contributed by atoms with Gasteiger partial charge in [0.15, 0.2) is 5.43 Å². The molecule has 0 spiro atoms. The third-order valence-electron chi connectivity index (χ3n) is 5.55. The van der Waals surface area contributed by atoms with E-state index in [4.69, 9.17) is 23.7 Å². The van der Waals surface area contributed by atoms with Crippen molar-refractivity contribution in [3.63, 3.8) is 0 Å². The number of esters is 1. The van der Waals surface area contributed by atoms with Crippen LogP contribution < -0.4 is 10.2 Å². The quantitative estimate of drug-likeness (QED) is 0.220. The third-order valence-corrected chi connectivity index (χ3v) is 5.55. The van der Waals surface area contributed by atoms with Gasteiger partial charge in [-0.2, -0.15) is 0 Å². The van der Waals surface area contributed by atoms with Crippen LogP contribution in [-0.4, -0.2) is 74.8 Å². The number of aliphatic hydroxyl groups is 3. The molecule has 190 valence electrons. The summed E-state index contributed by atoms with van der Waals surface area (Å²) in [6, 6.07) is 10.2. The Morgan fingerprint density at radius 1 is 0.972 bits per heavy atom. The number of hydrogen-bond acceptors (Lipinski definition) is 11. The molecule has 0 aliphatic carbocycles. The van der Waals surface area contributed by atoms with Gasteiger partial charge in [-0.15, -0.1) is 0 Å². The van der Waals surface area contributed by atoms with E-state index in [9.17, 15) is 34.8 Å². The maximum absolute atomic E-state index is 12.9. The van der Waals surface area contributed by atoms with Gasteiger partial charge >= 0.3 is 11.9 Å². The highest BCUT2D eigenvalue weighted by atomic mass is 16.7. The molecule has 2 aromatic carbocycles. The molecule has 12 nitrogen and oxygen atoms in total. The van der Waals surface area contributed by atoms with E-state index in [2.05, 4.69) is 0 Å². The van der Waals surface area contributed by atoms with E-state index in [0.717, 1.165) is 0 Å². The Bertz CT molecular complexity index is 1310. The first-order valence-corrected chi connectivity index (χ1v) is 10.7. The standard InChI is InChI=1S/C24H22O12/c25-12-3-1-11(2-4-12)15-9-33-16-7-13(5-6-14(16)20(15)29)35-24-23(32)22(31)21(30)17(36-24)10-34-19(28)8-18(26)27/h1-7,9,17,21-25,30-32H,8,10H2,(H,26,27)/t17?,21-,22+,23?,24-/m1/s1. The van der Waals surface area contributed by atoms with Crippen LogP contribution in [0.1, 0.15) is 6.42 Å². The van der Waals surface area contributed by atoms with E-state index >= 15 is 0 Å². The zero-order chi connectivity index (χ0) is 26.0. The van der Waals surface area contributed by atoms with Crippen LogP contribution in [0.25, 0.3) is 22.1 Å². The van der Waals surface area contributed by atoms with Crippen molar-refractivity contribution in [2.75, 3.05) is 6.61 Å². The van der Waals surface area contributed by atoms with E-state index in [1.165, 1.54) is 36.6 Å². The normalized spacial score (nSPS) is 23.8. The van der Waals surface area contributed by atoms with Gasteiger partial charge < -0.3 is 44.2 Å². The van der Waals surface area contributed by atoms with Crippen molar-refractivity contribution in [2.45, 2.75) is 37.1 Å². The minimum atomic E-state index is -1.72. The van der Waals surface area contributed by atoms with Gasteiger partial charge in [0.05, 0.1) is 10.9 Å². The highest BCUT2D eigenvalue weighted by molar-refractivity contribution is 5.90. The van der Waals surface area contributed by atoms with Crippen LogP contribution >= 0.6 is 0 Å². The fourth-order valence-electron chi connectivity index (χ4n) is 3.66. The van der Waals surface area contributed by atoms with Crippen LogP contribution in [0.4, 0.5) is 0 Å². The number of benzene rings is 2. The van der Waals surface area contributed by atoms with Crippen LogP contribution in [-0.2, 0) is 19.1 Å². The predicted octanol–water partition coefficient (Wildman–Crippen LogP) is 0.370. The van der Waals surface area contributed by atoms with Gasteiger partial charge in [0.25, 0.3) is 0 Å². The Kier molecular flexibility index (Phi) is 7.22. The molecule has 5 atom stereocenters. The summed E-state index contributed by atoms with van der Waals surface area (Å²) in [5.74, 6) is -2.33. The van der Waals surface area contributed by atoms with Gasteiger partial charge in [-0.1, -0.05) is 12.1 Å². The second-order valence-electron chi connectivity index (χ2n) is 8.07. The number of aliphatic hydroxyl groups excluding tert-OH is 3. The highest BCUT2D eigenvalue weighted by Gasteiger charge is 2.45. The molecule has 12 heteroatoms. The number of ether oxygens (including phenoxy) is 3. The lowest BCUT2D eigenvalue weighted by atomic mass is 9.99. The van der Waals surface area contributed by atoms with Crippen LogP contribution in [0.5, 0.6) is 11.5 Å². The van der Waals surface area contributed by atoms with Crippen molar-refractivity contribution in [2.24, 2.45) is 0 Å². The van der Waals surface area contributed by atoms with Gasteiger partial charge in [0.1, 0.15) is 60.8 Å². The molecule has 1 saturated heterocycles. The van der Waals surface area contributed by atoms with Gasteiger partial charge in [-0.3, -0.25) is 14.4 Å². The van der Waals surface area contributed by atoms with E-state index in [-0.39, 0.29) is 33.5 Å². The lowest BCUT2D eigenvalue weighted by Crippen LogP contribution is -2.60. The molecule has 1 aliphatic rings. The molecule has 0 amide bonds. The maximum atomic E-state index is 12.9. The van der Waals surface area contributed by atoms with Crippen molar-refractivity contribution >= 4 is 22.9 Å². The number of phenolic OH excluding ortho intramolecular Hbond substituents is 1. The second kappa shape index (κ2) is 10.3. The number of phenols is 1. The molecule has 2 unspecified atom stereocenters. The smallest absolute Gasteiger partial charge is 0.317 e. The molecule has 2 heterocycles. The Hall–Kier alpha value is -3.97. The van der Waals surface area contributed by atoms with Crippen molar-refractivity contribution in [1.29, 1.82) is 0 Å². The van der Waals surface area contributed by atoms with Crippen molar-refractivity contribution < 1.29 is 53.7 Å². The van der Waals surface area contributed by atoms with E-state index < -0.39 is 55.7 Å². The highest BCUT2D eigenvalue weighted by Crippen LogP contribution is 2.28. The predicted molar refractivity (Wildman–Crippen MR) is 120 cm³/mol. The molecular formula is C24H22O12. The monoisotopic (exact) mass is 502 g/mol. The fourth-order valence-corrected chi connectivity index (χ4v) is 3.66.